The molecule has 0 atom stereocenters. The summed E-state index contributed by atoms with van der Waals surface area (Å²) in [6.07, 6.45) is 3.77. The van der Waals surface area contributed by atoms with Gasteiger partial charge in [0.25, 0.3) is 0 Å². The minimum absolute atomic E-state index is 0.785. The minimum atomic E-state index is 0.785. The second-order valence-corrected chi connectivity index (χ2v) is 6.71. The standard InChI is InChI=1S/C19H28N4O/c1-22(2)14-11-20-15-17-18(16-9-5-3-6-10-16)21-24-19(17)23-12-7-4-8-13-23/h3,5-6,9-10,20H,4,7-8,11-15H2,1-2H3. The molecule has 0 bridgehead atoms. The molecule has 5 nitrogen and oxygen atoms in total. The van der Waals surface area contributed by atoms with Crippen molar-refractivity contribution in [3.8, 4) is 11.3 Å². The van der Waals surface area contributed by atoms with Crippen molar-refractivity contribution in [1.82, 2.24) is 15.4 Å². The number of hydrogen-bond donors (Lipinski definition) is 1. The summed E-state index contributed by atoms with van der Waals surface area (Å²) >= 11 is 0. The molecule has 1 aliphatic rings. The third-order valence-electron chi connectivity index (χ3n) is 4.50. The van der Waals surface area contributed by atoms with Gasteiger partial charge in [-0.25, -0.2) is 0 Å². The highest BCUT2D eigenvalue weighted by Gasteiger charge is 2.23. The topological polar surface area (TPSA) is 44.5 Å². The fraction of sp³-hybridized carbons (Fsp3) is 0.526. The van der Waals surface area contributed by atoms with Gasteiger partial charge in [-0.2, -0.15) is 0 Å². The molecule has 1 saturated heterocycles. The van der Waals surface area contributed by atoms with E-state index in [0.29, 0.717) is 0 Å². The van der Waals surface area contributed by atoms with E-state index in [0.717, 1.165) is 49.9 Å². The van der Waals surface area contributed by atoms with Gasteiger partial charge in [-0.15, -0.1) is 0 Å². The molecule has 1 aromatic carbocycles. The van der Waals surface area contributed by atoms with Crippen LogP contribution in [0.3, 0.4) is 0 Å². The first kappa shape index (κ1) is 17.0. The zero-order chi connectivity index (χ0) is 16.8. The van der Waals surface area contributed by atoms with Crippen LogP contribution in [0.25, 0.3) is 11.3 Å². The summed E-state index contributed by atoms with van der Waals surface area (Å²) in [5.41, 5.74) is 3.27. The molecule has 0 saturated carbocycles. The van der Waals surface area contributed by atoms with Gasteiger partial charge in [0.2, 0.25) is 5.88 Å². The quantitative estimate of drug-likeness (QED) is 0.792. The van der Waals surface area contributed by atoms with E-state index in [1.807, 2.05) is 18.2 Å². The largest absolute Gasteiger partial charge is 0.340 e. The lowest BCUT2D eigenvalue weighted by Gasteiger charge is -2.26. The van der Waals surface area contributed by atoms with Crippen LogP contribution in [0.5, 0.6) is 0 Å². The lowest BCUT2D eigenvalue weighted by Crippen LogP contribution is -2.31. The number of hydrogen-bond acceptors (Lipinski definition) is 5. The molecular formula is C19H28N4O. The Morgan fingerprint density at radius 3 is 2.58 bits per heavy atom. The van der Waals surface area contributed by atoms with Gasteiger partial charge in [-0.1, -0.05) is 35.5 Å². The second-order valence-electron chi connectivity index (χ2n) is 6.71. The van der Waals surface area contributed by atoms with Crippen molar-refractivity contribution in [2.75, 3.05) is 45.2 Å². The van der Waals surface area contributed by atoms with Crippen LogP contribution >= 0.6 is 0 Å². The molecule has 130 valence electrons. The van der Waals surface area contributed by atoms with Gasteiger partial charge in [0, 0.05) is 38.3 Å². The van der Waals surface area contributed by atoms with Crippen LogP contribution in [0.15, 0.2) is 34.9 Å². The van der Waals surface area contributed by atoms with Crippen molar-refractivity contribution in [3.05, 3.63) is 35.9 Å². The van der Waals surface area contributed by atoms with Gasteiger partial charge in [0.15, 0.2) is 0 Å². The number of piperidine rings is 1. The smallest absolute Gasteiger partial charge is 0.232 e. The molecule has 2 aromatic rings. The number of anilines is 1. The molecule has 2 heterocycles. The average molecular weight is 328 g/mol. The zero-order valence-corrected chi connectivity index (χ0v) is 14.8. The summed E-state index contributed by atoms with van der Waals surface area (Å²) in [6.45, 7) is 4.88. The number of nitrogens with zero attached hydrogens (tertiary/aromatic N) is 3. The molecule has 0 amide bonds. The highest BCUT2D eigenvalue weighted by atomic mass is 16.5. The number of rotatable bonds is 7. The summed E-state index contributed by atoms with van der Waals surface area (Å²) in [6, 6.07) is 10.3. The summed E-state index contributed by atoms with van der Waals surface area (Å²) in [7, 11) is 4.19. The normalized spacial score (nSPS) is 15.2. The van der Waals surface area contributed by atoms with Crippen LogP contribution in [0.2, 0.25) is 0 Å². The molecule has 0 unspecified atom stereocenters. The Hall–Kier alpha value is -1.85. The van der Waals surface area contributed by atoms with E-state index >= 15 is 0 Å². The van der Waals surface area contributed by atoms with Crippen molar-refractivity contribution in [2.45, 2.75) is 25.8 Å². The number of aromatic nitrogens is 1. The molecule has 3 rings (SSSR count). The third-order valence-corrected chi connectivity index (χ3v) is 4.50. The maximum atomic E-state index is 5.79. The monoisotopic (exact) mass is 328 g/mol. The molecular weight excluding hydrogens is 300 g/mol. The van der Waals surface area contributed by atoms with E-state index < -0.39 is 0 Å². The van der Waals surface area contributed by atoms with Gasteiger partial charge in [0.1, 0.15) is 5.69 Å². The Balaban J connectivity index is 1.81. The van der Waals surface area contributed by atoms with Gasteiger partial charge >= 0.3 is 0 Å². The van der Waals surface area contributed by atoms with E-state index in [-0.39, 0.29) is 0 Å². The average Bonchev–Trinajstić information content (AvgIpc) is 3.04. The molecule has 0 radical (unpaired) electrons. The fourth-order valence-electron chi connectivity index (χ4n) is 3.14. The van der Waals surface area contributed by atoms with E-state index in [1.54, 1.807) is 0 Å². The highest BCUT2D eigenvalue weighted by molar-refractivity contribution is 5.68. The number of likely N-dealkylation sites (N-methyl/N-ethyl adjacent to an activating group) is 1. The van der Waals surface area contributed by atoms with Crippen molar-refractivity contribution >= 4 is 5.88 Å². The van der Waals surface area contributed by atoms with E-state index in [2.05, 4.69) is 46.5 Å². The molecule has 1 aliphatic heterocycles. The summed E-state index contributed by atoms with van der Waals surface area (Å²) < 4.78 is 5.79. The Morgan fingerprint density at radius 2 is 1.88 bits per heavy atom. The van der Waals surface area contributed by atoms with E-state index in [9.17, 15) is 0 Å². The Morgan fingerprint density at radius 1 is 1.12 bits per heavy atom. The van der Waals surface area contributed by atoms with Crippen molar-refractivity contribution in [2.24, 2.45) is 0 Å². The lowest BCUT2D eigenvalue weighted by molar-refractivity contribution is 0.396. The lowest BCUT2D eigenvalue weighted by atomic mass is 10.1. The van der Waals surface area contributed by atoms with Crippen LogP contribution in [0, 0.1) is 0 Å². The molecule has 24 heavy (non-hydrogen) atoms. The van der Waals surface area contributed by atoms with Crippen LogP contribution in [-0.4, -0.2) is 50.3 Å². The fourth-order valence-corrected chi connectivity index (χ4v) is 3.14. The van der Waals surface area contributed by atoms with Crippen LogP contribution < -0.4 is 10.2 Å². The maximum absolute atomic E-state index is 5.79. The predicted molar refractivity (Wildman–Crippen MR) is 98.3 cm³/mol. The first-order valence-electron chi connectivity index (χ1n) is 8.90. The van der Waals surface area contributed by atoms with Gasteiger partial charge in [-0.3, -0.25) is 0 Å². The molecule has 1 fully saturated rings. The van der Waals surface area contributed by atoms with E-state index in [4.69, 9.17) is 4.52 Å². The van der Waals surface area contributed by atoms with Crippen LogP contribution in [0.1, 0.15) is 24.8 Å². The Labute approximate surface area is 144 Å². The van der Waals surface area contributed by atoms with Crippen LogP contribution in [0.4, 0.5) is 5.88 Å². The van der Waals surface area contributed by atoms with Crippen molar-refractivity contribution in [1.29, 1.82) is 0 Å². The number of benzene rings is 1. The second kappa shape index (κ2) is 8.31. The minimum Gasteiger partial charge on any atom is -0.340 e. The van der Waals surface area contributed by atoms with Gasteiger partial charge in [0.05, 0.1) is 5.56 Å². The van der Waals surface area contributed by atoms with Crippen molar-refractivity contribution in [3.63, 3.8) is 0 Å². The summed E-state index contributed by atoms with van der Waals surface area (Å²) in [4.78, 5) is 4.54. The summed E-state index contributed by atoms with van der Waals surface area (Å²) in [5, 5.41) is 7.95. The van der Waals surface area contributed by atoms with Gasteiger partial charge in [-0.05, 0) is 33.4 Å². The van der Waals surface area contributed by atoms with Gasteiger partial charge < -0.3 is 19.6 Å². The molecule has 5 heteroatoms. The Bertz CT molecular complexity index is 618. The van der Waals surface area contributed by atoms with Crippen molar-refractivity contribution < 1.29 is 4.52 Å². The molecule has 1 N–H and O–H groups in total. The zero-order valence-electron chi connectivity index (χ0n) is 14.8. The SMILES string of the molecule is CN(C)CCNCc1c(-c2ccccc2)noc1N1CCCCC1. The first-order chi connectivity index (χ1) is 11.8. The highest BCUT2D eigenvalue weighted by Crippen LogP contribution is 2.32. The van der Waals surface area contributed by atoms with Crippen LogP contribution in [-0.2, 0) is 6.54 Å². The Kier molecular flexibility index (Phi) is 5.88. The first-order valence-corrected chi connectivity index (χ1v) is 8.90. The molecule has 1 aromatic heterocycles. The van der Waals surface area contributed by atoms with E-state index in [1.165, 1.54) is 24.8 Å². The molecule has 0 spiro atoms. The maximum Gasteiger partial charge on any atom is 0.232 e. The molecule has 0 aliphatic carbocycles. The third kappa shape index (κ3) is 4.16. The summed E-state index contributed by atoms with van der Waals surface area (Å²) in [5.74, 6) is 0.950. The predicted octanol–water partition coefficient (Wildman–Crippen LogP) is 2.98. The number of nitrogens with one attached hydrogen (secondary N) is 1.